The maximum atomic E-state index is 11.8. The molecule has 106 valence electrons. The molecule has 1 N–H and O–H groups in total. The summed E-state index contributed by atoms with van der Waals surface area (Å²) in [6, 6.07) is 0. The molecule has 0 aromatic rings. The van der Waals surface area contributed by atoms with Gasteiger partial charge >= 0.3 is 0 Å². The summed E-state index contributed by atoms with van der Waals surface area (Å²) < 4.78 is 0. The molecule has 1 fully saturated rings. The van der Waals surface area contributed by atoms with E-state index in [4.69, 9.17) is 0 Å². The van der Waals surface area contributed by atoms with Gasteiger partial charge < -0.3 is 10.2 Å². The van der Waals surface area contributed by atoms with Crippen LogP contribution in [-0.2, 0) is 4.79 Å². The van der Waals surface area contributed by atoms with E-state index in [1.807, 2.05) is 6.08 Å². The summed E-state index contributed by atoms with van der Waals surface area (Å²) in [5.74, 6) is 0.103. The second-order valence-electron chi connectivity index (χ2n) is 4.86. The predicted molar refractivity (Wildman–Crippen MR) is 80.0 cm³/mol. The van der Waals surface area contributed by atoms with E-state index in [1.165, 1.54) is 0 Å². The third kappa shape index (κ3) is 6.36. The first-order valence-corrected chi connectivity index (χ1v) is 6.77. The minimum Gasteiger partial charge on any atom is -0.355 e. The molecule has 1 saturated heterocycles. The number of carbonyl (C=O) groups is 1. The first-order chi connectivity index (χ1) is 9.15. The Balaban J connectivity index is 2.19. The number of nitrogens with zero attached hydrogens (tertiary/aromatic N) is 2. The fourth-order valence-corrected chi connectivity index (χ4v) is 2.02. The van der Waals surface area contributed by atoms with Gasteiger partial charge in [-0.1, -0.05) is 31.4 Å². The third-order valence-electron chi connectivity index (χ3n) is 3.29. The van der Waals surface area contributed by atoms with Crippen molar-refractivity contribution in [2.45, 2.75) is 6.42 Å². The standard InChI is InChI=1S/C15H25N3O/c1-4-6-14(5-2)7-8-16-15(19)13-18-11-9-17(3)10-12-18/h4-6H,1-2,7-13H2,3H3,(H,16,19)/b14-6+. The van der Waals surface area contributed by atoms with Gasteiger partial charge in [-0.25, -0.2) is 0 Å². The number of nitrogens with one attached hydrogen (secondary N) is 1. The number of carbonyl (C=O) groups excluding carboxylic acids is 1. The Kier molecular flexibility index (Phi) is 7.15. The Morgan fingerprint density at radius 1 is 1.26 bits per heavy atom. The molecule has 0 spiro atoms. The largest absolute Gasteiger partial charge is 0.355 e. The SMILES string of the molecule is C=C/C=C(\C=C)CCNC(=O)CN1CCN(C)CC1. The molecule has 1 aliphatic heterocycles. The van der Waals surface area contributed by atoms with Crippen LogP contribution in [0, 0.1) is 0 Å². The van der Waals surface area contributed by atoms with Gasteiger partial charge in [-0.05, 0) is 19.0 Å². The highest BCUT2D eigenvalue weighted by Gasteiger charge is 2.15. The van der Waals surface area contributed by atoms with Crippen LogP contribution in [0.15, 0.2) is 37.0 Å². The Hall–Kier alpha value is -1.39. The summed E-state index contributed by atoms with van der Waals surface area (Å²) in [6.45, 7) is 12.6. The van der Waals surface area contributed by atoms with Crippen LogP contribution in [0.2, 0.25) is 0 Å². The normalized spacial score (nSPS) is 18.1. The van der Waals surface area contributed by atoms with Crippen LogP contribution >= 0.6 is 0 Å². The molecule has 0 aliphatic carbocycles. The number of likely N-dealkylation sites (N-methyl/N-ethyl adjacent to an activating group) is 1. The molecular weight excluding hydrogens is 238 g/mol. The first kappa shape index (κ1) is 15.7. The van der Waals surface area contributed by atoms with Crippen LogP contribution in [0.4, 0.5) is 0 Å². The number of hydrogen-bond acceptors (Lipinski definition) is 3. The van der Waals surface area contributed by atoms with Gasteiger partial charge in [-0.3, -0.25) is 9.69 Å². The maximum Gasteiger partial charge on any atom is 0.234 e. The van der Waals surface area contributed by atoms with Gasteiger partial charge in [0.1, 0.15) is 0 Å². The van der Waals surface area contributed by atoms with Crippen molar-refractivity contribution in [3.05, 3.63) is 37.0 Å². The van der Waals surface area contributed by atoms with E-state index >= 15 is 0 Å². The Morgan fingerprint density at radius 2 is 1.95 bits per heavy atom. The smallest absolute Gasteiger partial charge is 0.234 e. The van der Waals surface area contributed by atoms with Crippen LogP contribution in [0.1, 0.15) is 6.42 Å². The monoisotopic (exact) mass is 263 g/mol. The molecule has 1 rings (SSSR count). The lowest BCUT2D eigenvalue weighted by Crippen LogP contribution is -2.48. The molecule has 0 radical (unpaired) electrons. The van der Waals surface area contributed by atoms with Crippen molar-refractivity contribution in [2.24, 2.45) is 0 Å². The van der Waals surface area contributed by atoms with Gasteiger partial charge in [0.05, 0.1) is 6.54 Å². The van der Waals surface area contributed by atoms with Crippen molar-refractivity contribution in [1.82, 2.24) is 15.1 Å². The van der Waals surface area contributed by atoms with Gasteiger partial charge in [-0.15, -0.1) is 0 Å². The Labute approximate surface area is 116 Å². The lowest BCUT2D eigenvalue weighted by atomic mass is 10.1. The van der Waals surface area contributed by atoms with Crippen LogP contribution in [0.25, 0.3) is 0 Å². The molecule has 0 aromatic heterocycles. The number of amides is 1. The van der Waals surface area contributed by atoms with Crippen LogP contribution in [-0.4, -0.2) is 62.0 Å². The van der Waals surface area contributed by atoms with E-state index in [0.29, 0.717) is 13.1 Å². The van der Waals surface area contributed by atoms with Crippen LogP contribution in [0.5, 0.6) is 0 Å². The number of rotatable bonds is 7. The van der Waals surface area contributed by atoms with Gasteiger partial charge in [0, 0.05) is 32.7 Å². The average Bonchev–Trinajstić information content (AvgIpc) is 2.40. The predicted octanol–water partition coefficient (Wildman–Crippen LogP) is 1.04. The summed E-state index contributed by atoms with van der Waals surface area (Å²) in [4.78, 5) is 16.3. The Bertz CT molecular complexity index is 341. The third-order valence-corrected chi connectivity index (χ3v) is 3.29. The van der Waals surface area contributed by atoms with E-state index in [1.54, 1.807) is 12.2 Å². The van der Waals surface area contributed by atoms with Crippen molar-refractivity contribution >= 4 is 5.91 Å². The van der Waals surface area contributed by atoms with Crippen LogP contribution in [0.3, 0.4) is 0 Å². The molecule has 0 unspecified atom stereocenters. The summed E-state index contributed by atoms with van der Waals surface area (Å²) >= 11 is 0. The highest BCUT2D eigenvalue weighted by molar-refractivity contribution is 5.78. The summed E-state index contributed by atoms with van der Waals surface area (Å²) in [7, 11) is 2.11. The average molecular weight is 263 g/mol. The van der Waals surface area contributed by atoms with Gasteiger partial charge in [0.25, 0.3) is 0 Å². The van der Waals surface area contributed by atoms with Crippen molar-refractivity contribution < 1.29 is 4.79 Å². The zero-order chi connectivity index (χ0) is 14.1. The molecule has 0 atom stereocenters. The molecule has 4 heteroatoms. The van der Waals surface area contributed by atoms with Gasteiger partial charge in [0.2, 0.25) is 5.91 Å². The molecule has 4 nitrogen and oxygen atoms in total. The van der Waals surface area contributed by atoms with E-state index in [2.05, 4.69) is 35.3 Å². The zero-order valence-electron chi connectivity index (χ0n) is 11.9. The summed E-state index contributed by atoms with van der Waals surface area (Å²) in [6.07, 6.45) is 6.25. The number of hydrogen-bond donors (Lipinski definition) is 1. The summed E-state index contributed by atoms with van der Waals surface area (Å²) in [5, 5.41) is 2.95. The zero-order valence-corrected chi connectivity index (χ0v) is 11.9. The number of allylic oxidation sites excluding steroid dienone is 3. The molecule has 0 bridgehead atoms. The van der Waals surface area contributed by atoms with E-state index < -0.39 is 0 Å². The molecule has 1 amide bonds. The lowest BCUT2D eigenvalue weighted by Gasteiger charge is -2.31. The van der Waals surface area contributed by atoms with E-state index in [9.17, 15) is 4.79 Å². The number of piperazine rings is 1. The fraction of sp³-hybridized carbons (Fsp3) is 0.533. The fourth-order valence-electron chi connectivity index (χ4n) is 2.02. The molecular formula is C15H25N3O. The minimum atomic E-state index is 0.103. The van der Waals surface area contributed by atoms with Crippen molar-refractivity contribution in [1.29, 1.82) is 0 Å². The van der Waals surface area contributed by atoms with Crippen molar-refractivity contribution in [3.63, 3.8) is 0 Å². The Morgan fingerprint density at radius 3 is 2.53 bits per heavy atom. The molecule has 0 aromatic carbocycles. The lowest BCUT2D eigenvalue weighted by molar-refractivity contribution is -0.122. The van der Waals surface area contributed by atoms with Crippen molar-refractivity contribution in [3.8, 4) is 0 Å². The molecule has 19 heavy (non-hydrogen) atoms. The highest BCUT2D eigenvalue weighted by Crippen LogP contribution is 2.01. The minimum absolute atomic E-state index is 0.103. The first-order valence-electron chi connectivity index (χ1n) is 6.77. The van der Waals surface area contributed by atoms with Crippen LogP contribution < -0.4 is 5.32 Å². The van der Waals surface area contributed by atoms with E-state index in [0.717, 1.165) is 38.2 Å². The second kappa shape index (κ2) is 8.67. The topological polar surface area (TPSA) is 35.6 Å². The van der Waals surface area contributed by atoms with Gasteiger partial charge in [-0.2, -0.15) is 0 Å². The van der Waals surface area contributed by atoms with Gasteiger partial charge in [0.15, 0.2) is 0 Å². The molecule has 1 heterocycles. The quantitative estimate of drug-likeness (QED) is 0.697. The maximum absolute atomic E-state index is 11.8. The summed E-state index contributed by atoms with van der Waals surface area (Å²) in [5.41, 5.74) is 1.09. The molecule has 1 aliphatic rings. The van der Waals surface area contributed by atoms with Crippen molar-refractivity contribution in [2.75, 3.05) is 46.3 Å². The van der Waals surface area contributed by atoms with E-state index in [-0.39, 0.29) is 5.91 Å². The second-order valence-corrected chi connectivity index (χ2v) is 4.86. The highest BCUT2D eigenvalue weighted by atomic mass is 16.2. The molecule has 0 saturated carbocycles.